The molecule has 1 aliphatic rings. The molecule has 8 nitrogen and oxygen atoms in total. The number of hydrogen-bond donors (Lipinski definition) is 1. The number of hydrogen-bond acceptors (Lipinski definition) is 5. The normalized spacial score (nSPS) is 16.6. The minimum Gasteiger partial charge on any atom is -0.462 e. The summed E-state index contributed by atoms with van der Waals surface area (Å²) in [6, 6.07) is 5.66. The number of ether oxygens (including phenoxy) is 1. The van der Waals surface area contributed by atoms with Gasteiger partial charge in [0.2, 0.25) is 0 Å². The Morgan fingerprint density at radius 3 is 2.38 bits per heavy atom. The molecule has 1 aromatic carbocycles. The molecule has 32 heavy (non-hydrogen) atoms. The number of nitrogens with zero attached hydrogens (tertiary/aromatic N) is 2. The topological polar surface area (TPSA) is 116 Å². The smallest absolute Gasteiger partial charge is 0.336 e. The SMILES string of the molecule is CCCCCCOC(=O)C1=C(C)N(C(N)=O)C(C)=C(C(C)C)C1c1ccccc1[N+](=O)[O-]. The number of esters is 1. The van der Waals surface area contributed by atoms with Gasteiger partial charge in [-0.1, -0.05) is 58.2 Å². The summed E-state index contributed by atoms with van der Waals surface area (Å²) >= 11 is 0. The Morgan fingerprint density at radius 2 is 1.81 bits per heavy atom. The first-order valence-corrected chi connectivity index (χ1v) is 11.0. The Kier molecular flexibility index (Phi) is 8.57. The molecule has 0 fully saturated rings. The first-order chi connectivity index (χ1) is 15.1. The molecule has 0 aromatic heterocycles. The fourth-order valence-corrected chi connectivity index (χ4v) is 4.41. The van der Waals surface area contributed by atoms with Gasteiger partial charge in [0.1, 0.15) is 0 Å². The van der Waals surface area contributed by atoms with Gasteiger partial charge in [-0.2, -0.15) is 0 Å². The number of nitro groups is 1. The van der Waals surface area contributed by atoms with Crippen molar-refractivity contribution >= 4 is 17.7 Å². The molecule has 0 spiro atoms. The predicted octanol–water partition coefficient (Wildman–Crippen LogP) is 5.40. The summed E-state index contributed by atoms with van der Waals surface area (Å²) in [6.45, 7) is 9.57. The van der Waals surface area contributed by atoms with Crippen LogP contribution in [0.1, 0.15) is 71.8 Å². The number of para-hydroxylation sites is 1. The third-order valence-corrected chi connectivity index (χ3v) is 5.82. The van der Waals surface area contributed by atoms with Crippen molar-refractivity contribution in [1.29, 1.82) is 0 Å². The van der Waals surface area contributed by atoms with Crippen molar-refractivity contribution < 1.29 is 19.2 Å². The van der Waals surface area contributed by atoms with Crippen LogP contribution in [-0.4, -0.2) is 28.4 Å². The van der Waals surface area contributed by atoms with Crippen LogP contribution in [0.2, 0.25) is 0 Å². The Balaban J connectivity index is 2.65. The Labute approximate surface area is 189 Å². The molecule has 0 bridgehead atoms. The molecular weight excluding hydrogens is 410 g/mol. The van der Waals surface area contributed by atoms with Crippen molar-refractivity contribution in [3.8, 4) is 0 Å². The number of carbonyl (C=O) groups is 2. The van der Waals surface area contributed by atoms with Gasteiger partial charge in [-0.3, -0.25) is 15.0 Å². The number of allylic oxidation sites excluding steroid dienone is 3. The number of benzene rings is 1. The van der Waals surface area contributed by atoms with Gasteiger partial charge >= 0.3 is 12.0 Å². The average molecular weight is 444 g/mol. The van der Waals surface area contributed by atoms with E-state index in [2.05, 4.69) is 6.92 Å². The number of nitro benzene ring substituents is 1. The summed E-state index contributed by atoms with van der Waals surface area (Å²) in [4.78, 5) is 38.2. The molecular formula is C24H33N3O5. The minimum atomic E-state index is -0.715. The van der Waals surface area contributed by atoms with Crippen LogP contribution in [-0.2, 0) is 9.53 Å². The van der Waals surface area contributed by atoms with Gasteiger partial charge in [-0.05, 0) is 31.8 Å². The van der Waals surface area contributed by atoms with Crippen molar-refractivity contribution in [3.63, 3.8) is 0 Å². The molecule has 1 aliphatic heterocycles. The van der Waals surface area contributed by atoms with Crippen molar-refractivity contribution in [2.75, 3.05) is 6.61 Å². The second-order valence-corrected chi connectivity index (χ2v) is 8.31. The average Bonchev–Trinajstić information content (AvgIpc) is 2.72. The van der Waals surface area contributed by atoms with Crippen LogP contribution < -0.4 is 5.73 Å². The lowest BCUT2D eigenvalue weighted by Crippen LogP contribution is -2.40. The highest BCUT2D eigenvalue weighted by Gasteiger charge is 2.41. The van der Waals surface area contributed by atoms with Crippen LogP contribution in [0, 0.1) is 16.0 Å². The molecule has 2 rings (SSSR count). The van der Waals surface area contributed by atoms with Gasteiger partial charge in [-0.25, -0.2) is 9.59 Å². The molecule has 1 unspecified atom stereocenters. The zero-order valence-corrected chi connectivity index (χ0v) is 19.5. The van der Waals surface area contributed by atoms with Gasteiger partial charge in [-0.15, -0.1) is 0 Å². The Bertz CT molecular complexity index is 949. The highest BCUT2D eigenvalue weighted by molar-refractivity contribution is 5.94. The van der Waals surface area contributed by atoms with E-state index in [1.807, 2.05) is 13.8 Å². The van der Waals surface area contributed by atoms with E-state index in [0.29, 0.717) is 17.0 Å². The number of primary amides is 1. The number of unbranched alkanes of at least 4 members (excludes halogenated alkanes) is 3. The third kappa shape index (κ3) is 5.18. The summed E-state index contributed by atoms with van der Waals surface area (Å²) in [6.07, 6.45) is 3.78. The summed E-state index contributed by atoms with van der Waals surface area (Å²) < 4.78 is 5.57. The lowest BCUT2D eigenvalue weighted by molar-refractivity contribution is -0.385. The van der Waals surface area contributed by atoms with E-state index in [9.17, 15) is 19.7 Å². The van der Waals surface area contributed by atoms with E-state index < -0.39 is 22.8 Å². The molecule has 174 valence electrons. The largest absolute Gasteiger partial charge is 0.462 e. The summed E-state index contributed by atoms with van der Waals surface area (Å²) in [7, 11) is 0. The number of nitrogens with two attached hydrogens (primary N) is 1. The Hall–Kier alpha value is -3.16. The molecule has 1 heterocycles. The number of amides is 2. The molecule has 0 aliphatic carbocycles. The molecule has 0 radical (unpaired) electrons. The van der Waals surface area contributed by atoms with Gasteiger partial charge in [0.25, 0.3) is 5.69 Å². The van der Waals surface area contributed by atoms with Crippen LogP contribution in [0.5, 0.6) is 0 Å². The van der Waals surface area contributed by atoms with Gasteiger partial charge < -0.3 is 10.5 Å². The molecule has 2 amide bonds. The zero-order valence-electron chi connectivity index (χ0n) is 19.5. The standard InChI is InChI=1S/C24H33N3O5/c1-6-7-8-11-14-32-23(28)21-17(5)26(24(25)29)16(4)20(15(2)3)22(21)18-12-9-10-13-19(18)27(30)31/h9-10,12-13,15,22H,6-8,11,14H2,1-5H3,(H2,25,29). The fourth-order valence-electron chi connectivity index (χ4n) is 4.41. The lowest BCUT2D eigenvalue weighted by atomic mass is 9.75. The number of rotatable bonds is 9. The van der Waals surface area contributed by atoms with Crippen LogP contribution in [0.4, 0.5) is 10.5 Å². The van der Waals surface area contributed by atoms with Crippen molar-refractivity contribution in [1.82, 2.24) is 4.90 Å². The lowest BCUT2D eigenvalue weighted by Gasteiger charge is -2.38. The van der Waals surface area contributed by atoms with Gasteiger partial charge in [0.05, 0.1) is 17.1 Å². The first kappa shape index (κ1) is 25.1. The van der Waals surface area contributed by atoms with Crippen LogP contribution in [0.3, 0.4) is 0 Å². The van der Waals surface area contributed by atoms with Gasteiger partial charge in [0.15, 0.2) is 0 Å². The maximum absolute atomic E-state index is 13.3. The zero-order chi connectivity index (χ0) is 24.0. The summed E-state index contributed by atoms with van der Waals surface area (Å²) in [5.74, 6) is -1.41. The van der Waals surface area contributed by atoms with E-state index in [1.165, 1.54) is 11.0 Å². The highest BCUT2D eigenvalue weighted by atomic mass is 16.6. The van der Waals surface area contributed by atoms with E-state index in [4.69, 9.17) is 10.5 Å². The first-order valence-electron chi connectivity index (χ1n) is 11.0. The highest BCUT2D eigenvalue weighted by Crippen LogP contribution is 2.47. The van der Waals surface area contributed by atoms with E-state index in [-0.39, 0.29) is 23.8 Å². The summed E-state index contributed by atoms with van der Waals surface area (Å²) in [5, 5.41) is 11.8. The van der Waals surface area contributed by atoms with Crippen LogP contribution in [0.15, 0.2) is 46.8 Å². The molecule has 2 N–H and O–H groups in total. The fraction of sp³-hybridized carbons (Fsp3) is 0.500. The van der Waals surface area contributed by atoms with E-state index in [0.717, 1.165) is 31.3 Å². The maximum atomic E-state index is 13.3. The van der Waals surface area contributed by atoms with E-state index >= 15 is 0 Å². The van der Waals surface area contributed by atoms with Crippen molar-refractivity contribution in [2.45, 2.75) is 66.2 Å². The number of urea groups is 1. The quantitative estimate of drug-likeness (QED) is 0.237. The molecule has 1 atom stereocenters. The minimum absolute atomic E-state index is 0.0861. The van der Waals surface area contributed by atoms with Crippen molar-refractivity contribution in [3.05, 3.63) is 62.5 Å². The number of carbonyl (C=O) groups excluding carboxylic acids is 2. The van der Waals surface area contributed by atoms with E-state index in [1.54, 1.807) is 32.0 Å². The second-order valence-electron chi connectivity index (χ2n) is 8.31. The Morgan fingerprint density at radius 1 is 1.16 bits per heavy atom. The monoisotopic (exact) mass is 443 g/mol. The van der Waals surface area contributed by atoms with Gasteiger partial charge in [0, 0.05) is 28.9 Å². The molecule has 0 saturated carbocycles. The second kappa shape index (κ2) is 10.9. The van der Waals surface area contributed by atoms with Crippen LogP contribution >= 0.6 is 0 Å². The third-order valence-electron chi connectivity index (χ3n) is 5.82. The van der Waals surface area contributed by atoms with Crippen molar-refractivity contribution in [2.24, 2.45) is 11.7 Å². The maximum Gasteiger partial charge on any atom is 0.336 e. The molecule has 1 aromatic rings. The molecule has 8 heteroatoms. The van der Waals surface area contributed by atoms with Crippen LogP contribution in [0.25, 0.3) is 0 Å². The molecule has 0 saturated heterocycles. The summed E-state index contributed by atoms with van der Waals surface area (Å²) in [5.41, 5.74) is 7.80. The predicted molar refractivity (Wildman–Crippen MR) is 123 cm³/mol.